The number of hydrogen-bond acceptors (Lipinski definition) is 4. The molecule has 0 amide bonds. The Hall–Kier alpha value is -2.80. The van der Waals surface area contributed by atoms with Gasteiger partial charge in [-0.15, -0.1) is 0 Å². The molecule has 1 aliphatic rings. The summed E-state index contributed by atoms with van der Waals surface area (Å²) in [7, 11) is 0. The standard InChI is InChI=1S/C26H30F3NO3/c1-3-24(25(31)32-4-2)33-23-10-8-19(9-11-23)12-15-30-16-13-20(14-17-30)21-6-5-7-22(18-21)26(27,28)29/h5-11,13,18,24H,3-4,12,14-17H2,1-2H3. The van der Waals surface area contributed by atoms with Gasteiger partial charge in [-0.3, -0.25) is 4.90 Å². The van der Waals surface area contributed by atoms with Gasteiger partial charge in [0.1, 0.15) is 5.75 Å². The van der Waals surface area contributed by atoms with Crippen molar-refractivity contribution in [2.45, 2.75) is 45.4 Å². The Morgan fingerprint density at radius 2 is 1.88 bits per heavy atom. The lowest BCUT2D eigenvalue weighted by Crippen LogP contribution is -2.30. The molecule has 0 spiro atoms. The molecule has 0 bridgehead atoms. The molecule has 0 saturated heterocycles. The van der Waals surface area contributed by atoms with Crippen molar-refractivity contribution in [3.63, 3.8) is 0 Å². The third-order valence-corrected chi connectivity index (χ3v) is 5.69. The second-order valence-electron chi connectivity index (χ2n) is 8.02. The van der Waals surface area contributed by atoms with Crippen LogP contribution in [-0.2, 0) is 22.1 Å². The molecular weight excluding hydrogens is 431 g/mol. The molecule has 0 fully saturated rings. The predicted molar refractivity (Wildman–Crippen MR) is 122 cm³/mol. The molecule has 1 atom stereocenters. The number of hydrogen-bond donors (Lipinski definition) is 0. The molecule has 4 nitrogen and oxygen atoms in total. The van der Waals surface area contributed by atoms with Gasteiger partial charge in [0, 0.05) is 19.6 Å². The van der Waals surface area contributed by atoms with Gasteiger partial charge in [-0.25, -0.2) is 4.79 Å². The summed E-state index contributed by atoms with van der Waals surface area (Å²) in [6, 6.07) is 13.2. The van der Waals surface area contributed by atoms with E-state index in [9.17, 15) is 18.0 Å². The monoisotopic (exact) mass is 461 g/mol. The molecule has 2 aromatic carbocycles. The number of rotatable bonds is 9. The lowest BCUT2D eigenvalue weighted by atomic mass is 9.97. The van der Waals surface area contributed by atoms with Crippen molar-refractivity contribution < 1.29 is 27.4 Å². The maximum atomic E-state index is 13.0. The summed E-state index contributed by atoms with van der Waals surface area (Å²) in [5.41, 5.74) is 2.15. The van der Waals surface area contributed by atoms with E-state index in [1.165, 1.54) is 12.1 Å². The van der Waals surface area contributed by atoms with E-state index in [0.29, 0.717) is 30.9 Å². The van der Waals surface area contributed by atoms with Crippen LogP contribution >= 0.6 is 0 Å². The van der Waals surface area contributed by atoms with Gasteiger partial charge >= 0.3 is 12.1 Å². The molecule has 33 heavy (non-hydrogen) atoms. The van der Waals surface area contributed by atoms with E-state index in [1.807, 2.05) is 37.3 Å². The normalized spacial score (nSPS) is 15.6. The average Bonchev–Trinajstić information content (AvgIpc) is 2.82. The van der Waals surface area contributed by atoms with E-state index in [2.05, 4.69) is 4.90 Å². The van der Waals surface area contributed by atoms with Crippen molar-refractivity contribution in [3.8, 4) is 5.75 Å². The van der Waals surface area contributed by atoms with Crippen molar-refractivity contribution in [2.75, 3.05) is 26.2 Å². The number of carbonyl (C=O) groups excluding carboxylic acids is 1. The first-order valence-electron chi connectivity index (χ1n) is 11.3. The molecule has 1 heterocycles. The Morgan fingerprint density at radius 1 is 1.12 bits per heavy atom. The van der Waals surface area contributed by atoms with E-state index >= 15 is 0 Å². The second-order valence-corrected chi connectivity index (χ2v) is 8.02. The van der Waals surface area contributed by atoms with Gasteiger partial charge in [-0.2, -0.15) is 13.2 Å². The summed E-state index contributed by atoms with van der Waals surface area (Å²) in [5, 5.41) is 0. The minimum atomic E-state index is -4.33. The van der Waals surface area contributed by atoms with Crippen LogP contribution in [0.3, 0.4) is 0 Å². The van der Waals surface area contributed by atoms with Gasteiger partial charge in [0.05, 0.1) is 12.2 Å². The van der Waals surface area contributed by atoms with Gasteiger partial charge in [0.15, 0.2) is 6.10 Å². The molecule has 1 aliphatic heterocycles. The summed E-state index contributed by atoms with van der Waals surface area (Å²) in [6.07, 6.45) is -0.805. The lowest BCUT2D eigenvalue weighted by molar-refractivity contribution is -0.151. The summed E-state index contributed by atoms with van der Waals surface area (Å²) in [5.74, 6) is 0.275. The molecule has 0 aliphatic carbocycles. The molecule has 1 unspecified atom stereocenters. The highest BCUT2D eigenvalue weighted by molar-refractivity contribution is 5.75. The average molecular weight is 462 g/mol. The summed E-state index contributed by atoms with van der Waals surface area (Å²) >= 11 is 0. The van der Waals surface area contributed by atoms with E-state index in [-0.39, 0.29) is 5.97 Å². The van der Waals surface area contributed by atoms with Crippen LogP contribution in [0.5, 0.6) is 5.75 Å². The number of nitrogens with zero attached hydrogens (tertiary/aromatic N) is 1. The maximum absolute atomic E-state index is 13.0. The van der Waals surface area contributed by atoms with E-state index in [4.69, 9.17) is 9.47 Å². The van der Waals surface area contributed by atoms with E-state index in [1.54, 1.807) is 13.0 Å². The minimum Gasteiger partial charge on any atom is -0.479 e. The molecule has 2 aromatic rings. The van der Waals surface area contributed by atoms with Gasteiger partial charge in [-0.1, -0.05) is 37.3 Å². The quantitative estimate of drug-likeness (QED) is 0.445. The molecule has 3 rings (SSSR count). The SMILES string of the molecule is CCOC(=O)C(CC)Oc1ccc(CCN2CC=C(c3cccc(C(F)(F)F)c3)CC2)cc1. The highest BCUT2D eigenvalue weighted by atomic mass is 19.4. The van der Waals surface area contributed by atoms with E-state index < -0.39 is 17.8 Å². The maximum Gasteiger partial charge on any atom is 0.416 e. The summed E-state index contributed by atoms with van der Waals surface area (Å²) in [4.78, 5) is 14.2. The van der Waals surface area contributed by atoms with Crippen molar-refractivity contribution >= 4 is 11.5 Å². The molecule has 7 heteroatoms. The molecule has 0 aromatic heterocycles. The first-order valence-corrected chi connectivity index (χ1v) is 11.3. The van der Waals surface area contributed by atoms with Crippen LogP contribution in [-0.4, -0.2) is 43.2 Å². The molecule has 0 saturated carbocycles. The Kier molecular flexibility index (Phi) is 8.55. The molecular formula is C26H30F3NO3. The third-order valence-electron chi connectivity index (χ3n) is 5.69. The summed E-state index contributed by atoms with van der Waals surface area (Å²) in [6.45, 7) is 6.34. The number of carbonyl (C=O) groups is 1. The number of esters is 1. The van der Waals surface area contributed by atoms with Crippen LogP contribution in [0.4, 0.5) is 13.2 Å². The number of benzene rings is 2. The zero-order chi connectivity index (χ0) is 23.8. The largest absolute Gasteiger partial charge is 0.479 e. The van der Waals surface area contributed by atoms with Gasteiger partial charge in [-0.05, 0) is 67.2 Å². The van der Waals surface area contributed by atoms with Crippen LogP contribution < -0.4 is 4.74 Å². The van der Waals surface area contributed by atoms with Crippen molar-refractivity contribution in [1.29, 1.82) is 0 Å². The van der Waals surface area contributed by atoms with Gasteiger partial charge < -0.3 is 9.47 Å². The fraction of sp³-hybridized carbons (Fsp3) is 0.423. The smallest absolute Gasteiger partial charge is 0.416 e. The van der Waals surface area contributed by atoms with Gasteiger partial charge in [0.25, 0.3) is 0 Å². The second kappa shape index (κ2) is 11.4. The van der Waals surface area contributed by atoms with Crippen molar-refractivity contribution in [1.82, 2.24) is 4.90 Å². The van der Waals surface area contributed by atoms with Crippen LogP contribution in [0.15, 0.2) is 54.6 Å². The van der Waals surface area contributed by atoms with Crippen molar-refractivity contribution in [2.24, 2.45) is 0 Å². The van der Waals surface area contributed by atoms with Crippen LogP contribution in [0.1, 0.15) is 43.4 Å². The first kappa shape index (κ1) is 24.8. The highest BCUT2D eigenvalue weighted by Gasteiger charge is 2.30. The topological polar surface area (TPSA) is 38.8 Å². The third kappa shape index (κ3) is 7.09. The van der Waals surface area contributed by atoms with Crippen LogP contribution in [0, 0.1) is 0 Å². The van der Waals surface area contributed by atoms with E-state index in [0.717, 1.165) is 43.1 Å². The predicted octanol–water partition coefficient (Wildman–Crippen LogP) is 5.76. The highest BCUT2D eigenvalue weighted by Crippen LogP contribution is 2.32. The van der Waals surface area contributed by atoms with Crippen molar-refractivity contribution in [3.05, 3.63) is 71.3 Å². The Balaban J connectivity index is 1.51. The summed E-state index contributed by atoms with van der Waals surface area (Å²) < 4.78 is 49.7. The Morgan fingerprint density at radius 3 is 2.48 bits per heavy atom. The van der Waals surface area contributed by atoms with Crippen LogP contribution in [0.2, 0.25) is 0 Å². The first-order chi connectivity index (χ1) is 15.8. The number of alkyl halides is 3. The fourth-order valence-electron chi connectivity index (χ4n) is 3.79. The Bertz CT molecular complexity index is 954. The van der Waals surface area contributed by atoms with Gasteiger partial charge in [0.2, 0.25) is 0 Å². The molecule has 0 radical (unpaired) electrons. The number of ether oxygens (including phenoxy) is 2. The Labute approximate surface area is 193 Å². The van der Waals surface area contributed by atoms with Crippen LogP contribution in [0.25, 0.3) is 5.57 Å². The molecule has 178 valence electrons. The molecule has 0 N–H and O–H groups in total. The minimum absolute atomic E-state index is 0.324. The lowest BCUT2D eigenvalue weighted by Gasteiger charge is -2.26. The zero-order valence-corrected chi connectivity index (χ0v) is 19.0. The number of halogens is 3. The fourth-order valence-corrected chi connectivity index (χ4v) is 3.79. The zero-order valence-electron chi connectivity index (χ0n) is 19.0.